The maximum Gasteiger partial charge on any atom is 0.322 e. The average Bonchev–Trinajstić information content (AvgIpc) is 2.30. The van der Waals surface area contributed by atoms with Gasteiger partial charge in [-0.05, 0) is 12.1 Å². The van der Waals surface area contributed by atoms with Gasteiger partial charge in [-0.1, -0.05) is 6.07 Å². The van der Waals surface area contributed by atoms with E-state index in [0.717, 1.165) is 12.2 Å². The van der Waals surface area contributed by atoms with E-state index in [9.17, 15) is 4.79 Å². The van der Waals surface area contributed by atoms with Crippen LogP contribution in [0.5, 0.6) is 0 Å². The molecule has 2 N–H and O–H groups in total. The first-order valence-corrected chi connectivity index (χ1v) is 5.34. The van der Waals surface area contributed by atoms with Crippen LogP contribution >= 0.6 is 0 Å². The van der Waals surface area contributed by atoms with Gasteiger partial charge in [-0.25, -0.2) is 0 Å². The molecular weight excluding hydrogens is 206 g/mol. The third-order valence-electron chi connectivity index (χ3n) is 2.67. The van der Waals surface area contributed by atoms with Crippen molar-refractivity contribution >= 4 is 5.97 Å². The molecule has 1 atom stereocenters. The van der Waals surface area contributed by atoms with E-state index < -0.39 is 12.0 Å². The predicted octanol–water partition coefficient (Wildman–Crippen LogP) is -0.0600. The first-order chi connectivity index (χ1) is 7.75. The Morgan fingerprint density at radius 1 is 1.62 bits per heavy atom. The van der Waals surface area contributed by atoms with Gasteiger partial charge in [0.15, 0.2) is 0 Å². The Bertz CT molecular complexity index is 356. The van der Waals surface area contributed by atoms with Gasteiger partial charge in [0.05, 0.1) is 5.69 Å². The van der Waals surface area contributed by atoms with Crippen molar-refractivity contribution in [2.75, 3.05) is 19.6 Å². The number of hydrogen-bond donors (Lipinski definition) is 2. The van der Waals surface area contributed by atoms with Crippen LogP contribution in [0.4, 0.5) is 0 Å². The molecule has 1 aliphatic heterocycles. The molecule has 5 nitrogen and oxygen atoms in total. The molecule has 16 heavy (non-hydrogen) atoms. The highest BCUT2D eigenvalue weighted by Gasteiger charge is 2.24. The summed E-state index contributed by atoms with van der Waals surface area (Å²) in [6.45, 7) is 2.82. The number of carboxylic acids is 1. The number of nitrogens with zero attached hydrogens (tertiary/aromatic N) is 2. The van der Waals surface area contributed by atoms with E-state index in [2.05, 4.69) is 15.2 Å². The van der Waals surface area contributed by atoms with Gasteiger partial charge in [0, 0.05) is 32.4 Å². The molecule has 1 saturated heterocycles. The smallest absolute Gasteiger partial charge is 0.322 e. The molecule has 0 radical (unpaired) electrons. The Balaban J connectivity index is 1.93. The minimum atomic E-state index is -0.786. The summed E-state index contributed by atoms with van der Waals surface area (Å²) in [6.07, 6.45) is 1.76. The highest BCUT2D eigenvalue weighted by molar-refractivity contribution is 5.73. The van der Waals surface area contributed by atoms with Crippen LogP contribution in [0.25, 0.3) is 0 Å². The average molecular weight is 221 g/mol. The van der Waals surface area contributed by atoms with Gasteiger partial charge in [-0.2, -0.15) is 0 Å². The van der Waals surface area contributed by atoms with Crippen LogP contribution in [0.3, 0.4) is 0 Å². The lowest BCUT2D eigenvalue weighted by molar-refractivity contribution is -0.140. The molecule has 1 aromatic heterocycles. The second-order valence-corrected chi connectivity index (χ2v) is 3.90. The molecule has 0 spiro atoms. The van der Waals surface area contributed by atoms with Crippen molar-refractivity contribution in [1.29, 1.82) is 0 Å². The van der Waals surface area contributed by atoms with Crippen LogP contribution in [0, 0.1) is 0 Å². The van der Waals surface area contributed by atoms with Crippen LogP contribution in [-0.4, -0.2) is 46.6 Å². The van der Waals surface area contributed by atoms with E-state index in [1.54, 1.807) is 6.20 Å². The highest BCUT2D eigenvalue weighted by atomic mass is 16.4. The number of nitrogens with one attached hydrogen (secondary N) is 1. The normalized spacial score (nSPS) is 21.9. The highest BCUT2D eigenvalue weighted by Crippen LogP contribution is 2.05. The van der Waals surface area contributed by atoms with Crippen molar-refractivity contribution in [2.45, 2.75) is 12.6 Å². The maximum absolute atomic E-state index is 10.8. The summed E-state index contributed by atoms with van der Waals surface area (Å²) in [6, 6.07) is 5.32. The Kier molecular flexibility index (Phi) is 3.48. The van der Waals surface area contributed by atoms with E-state index in [1.165, 1.54) is 0 Å². The van der Waals surface area contributed by atoms with Crippen molar-refractivity contribution < 1.29 is 9.90 Å². The number of pyridine rings is 1. The standard InChI is InChI=1S/C11H15N3O2/c15-11(16)10-8-14(6-5-13-10)7-9-3-1-2-4-12-9/h1-4,10,13H,5-8H2,(H,15,16)/t10-/m1/s1. The van der Waals surface area contributed by atoms with Crippen LogP contribution in [0.1, 0.15) is 5.69 Å². The molecule has 1 fully saturated rings. The Labute approximate surface area is 94.1 Å². The Morgan fingerprint density at radius 3 is 3.19 bits per heavy atom. The molecule has 0 unspecified atom stereocenters. The SMILES string of the molecule is O=C(O)[C@H]1CN(Cc2ccccn2)CCN1. The van der Waals surface area contributed by atoms with Gasteiger partial charge in [0.1, 0.15) is 6.04 Å². The molecule has 0 aliphatic carbocycles. The van der Waals surface area contributed by atoms with Gasteiger partial charge < -0.3 is 10.4 Å². The predicted molar refractivity (Wildman–Crippen MR) is 58.9 cm³/mol. The zero-order valence-electron chi connectivity index (χ0n) is 8.97. The third kappa shape index (κ3) is 2.77. The number of piperazine rings is 1. The summed E-state index contributed by atoms with van der Waals surface area (Å²) in [7, 11) is 0. The molecule has 0 aromatic carbocycles. The van der Waals surface area contributed by atoms with Crippen LogP contribution in [-0.2, 0) is 11.3 Å². The molecule has 1 aliphatic rings. The number of hydrogen-bond acceptors (Lipinski definition) is 4. The summed E-state index contributed by atoms with van der Waals surface area (Å²) < 4.78 is 0. The lowest BCUT2D eigenvalue weighted by Crippen LogP contribution is -2.53. The quantitative estimate of drug-likeness (QED) is 0.748. The molecule has 0 saturated carbocycles. The molecule has 0 amide bonds. The molecule has 2 rings (SSSR count). The maximum atomic E-state index is 10.8. The number of aromatic nitrogens is 1. The summed E-state index contributed by atoms with van der Waals surface area (Å²) in [5, 5.41) is 11.9. The first kappa shape index (κ1) is 11.0. The van der Waals surface area contributed by atoms with Crippen LogP contribution < -0.4 is 5.32 Å². The third-order valence-corrected chi connectivity index (χ3v) is 2.67. The van der Waals surface area contributed by atoms with E-state index in [0.29, 0.717) is 19.6 Å². The van der Waals surface area contributed by atoms with Crippen LogP contribution in [0.2, 0.25) is 0 Å². The minimum absolute atomic E-state index is 0.461. The van der Waals surface area contributed by atoms with Crippen molar-refractivity contribution in [3.63, 3.8) is 0 Å². The van der Waals surface area contributed by atoms with Crippen molar-refractivity contribution in [3.8, 4) is 0 Å². The monoisotopic (exact) mass is 221 g/mol. The van der Waals surface area contributed by atoms with Gasteiger partial charge >= 0.3 is 5.97 Å². The fourth-order valence-electron chi connectivity index (χ4n) is 1.84. The van der Waals surface area contributed by atoms with Gasteiger partial charge in [0.2, 0.25) is 0 Å². The van der Waals surface area contributed by atoms with E-state index >= 15 is 0 Å². The molecule has 1 aromatic rings. The lowest BCUT2D eigenvalue weighted by Gasteiger charge is -2.31. The number of aliphatic carboxylic acids is 1. The van der Waals surface area contributed by atoms with E-state index in [4.69, 9.17) is 5.11 Å². The van der Waals surface area contributed by atoms with E-state index in [1.807, 2.05) is 18.2 Å². The molecule has 5 heteroatoms. The molecule has 2 heterocycles. The Morgan fingerprint density at radius 2 is 2.50 bits per heavy atom. The van der Waals surface area contributed by atoms with E-state index in [-0.39, 0.29) is 0 Å². The van der Waals surface area contributed by atoms with Gasteiger partial charge in [-0.3, -0.25) is 14.7 Å². The second kappa shape index (κ2) is 5.05. The Hall–Kier alpha value is -1.46. The van der Waals surface area contributed by atoms with Crippen LogP contribution in [0.15, 0.2) is 24.4 Å². The number of rotatable bonds is 3. The second-order valence-electron chi connectivity index (χ2n) is 3.90. The fourth-order valence-corrected chi connectivity index (χ4v) is 1.84. The van der Waals surface area contributed by atoms with Crippen molar-refractivity contribution in [2.24, 2.45) is 0 Å². The molecule has 86 valence electrons. The number of carbonyl (C=O) groups is 1. The zero-order valence-corrected chi connectivity index (χ0v) is 8.97. The summed E-state index contributed by atoms with van der Waals surface area (Å²) in [5.41, 5.74) is 0.980. The summed E-state index contributed by atoms with van der Waals surface area (Å²) >= 11 is 0. The first-order valence-electron chi connectivity index (χ1n) is 5.34. The van der Waals surface area contributed by atoms with Gasteiger partial charge in [-0.15, -0.1) is 0 Å². The van der Waals surface area contributed by atoms with Crippen molar-refractivity contribution in [3.05, 3.63) is 30.1 Å². The summed E-state index contributed by atoms with van der Waals surface area (Å²) in [5.74, 6) is -0.786. The minimum Gasteiger partial charge on any atom is -0.480 e. The lowest BCUT2D eigenvalue weighted by atomic mass is 10.2. The molecular formula is C11H15N3O2. The number of carboxylic acid groups (broad SMARTS) is 1. The topological polar surface area (TPSA) is 65.5 Å². The molecule has 0 bridgehead atoms. The largest absolute Gasteiger partial charge is 0.480 e. The van der Waals surface area contributed by atoms with Crippen molar-refractivity contribution in [1.82, 2.24) is 15.2 Å². The fraction of sp³-hybridized carbons (Fsp3) is 0.455. The zero-order chi connectivity index (χ0) is 11.4. The van der Waals surface area contributed by atoms with Gasteiger partial charge in [0.25, 0.3) is 0 Å². The summed E-state index contributed by atoms with van der Waals surface area (Å²) in [4.78, 5) is 17.2.